The van der Waals surface area contributed by atoms with Crippen LogP contribution in [0.5, 0.6) is 0 Å². The average Bonchev–Trinajstić information content (AvgIpc) is 2.80. The summed E-state index contributed by atoms with van der Waals surface area (Å²) in [7, 11) is 1.98. The Kier molecular flexibility index (Phi) is 4.10. The minimum atomic E-state index is -0.145. The molecule has 0 unspecified atom stereocenters. The van der Waals surface area contributed by atoms with E-state index in [1.165, 1.54) is 6.07 Å². The first-order valence-electron chi connectivity index (χ1n) is 6.12. The molecule has 0 amide bonds. The molecule has 0 spiro atoms. The van der Waals surface area contributed by atoms with Crippen LogP contribution in [-0.2, 0) is 19.6 Å². The van der Waals surface area contributed by atoms with Gasteiger partial charge in [-0.05, 0) is 20.0 Å². The van der Waals surface area contributed by atoms with E-state index in [0.29, 0.717) is 6.54 Å². The Bertz CT molecular complexity index is 507. The van der Waals surface area contributed by atoms with E-state index >= 15 is 0 Å². The molecule has 0 aliphatic carbocycles. The summed E-state index contributed by atoms with van der Waals surface area (Å²) < 4.78 is 15.4. The number of aryl methyl sites for hydroxylation is 1. The second-order valence-electron chi connectivity index (χ2n) is 4.47. The maximum atomic E-state index is 13.5. The van der Waals surface area contributed by atoms with Crippen LogP contribution in [0.4, 0.5) is 4.39 Å². The van der Waals surface area contributed by atoms with Crippen LogP contribution in [0.25, 0.3) is 0 Å². The van der Waals surface area contributed by atoms with Crippen molar-refractivity contribution in [3.8, 4) is 0 Å². The summed E-state index contributed by atoms with van der Waals surface area (Å²) in [4.78, 5) is 2.08. The molecule has 0 saturated heterocycles. The molecule has 0 atom stereocenters. The van der Waals surface area contributed by atoms with Crippen LogP contribution in [0.2, 0.25) is 0 Å². The Morgan fingerprint density at radius 1 is 1.28 bits per heavy atom. The molecule has 2 aromatic rings. The first-order chi connectivity index (χ1) is 8.69. The zero-order chi connectivity index (χ0) is 13.0. The molecule has 0 fully saturated rings. The predicted octanol–water partition coefficient (Wildman–Crippen LogP) is 2.67. The molecule has 1 aromatic carbocycles. The highest BCUT2D eigenvalue weighted by Crippen LogP contribution is 2.11. The van der Waals surface area contributed by atoms with Gasteiger partial charge in [-0.25, -0.2) is 4.39 Å². The summed E-state index contributed by atoms with van der Waals surface area (Å²) in [6.45, 7) is 4.30. The van der Waals surface area contributed by atoms with Gasteiger partial charge in [-0.15, -0.1) is 0 Å². The highest BCUT2D eigenvalue weighted by molar-refractivity contribution is 5.17. The fraction of sp³-hybridized carbons (Fsp3) is 0.357. The highest BCUT2D eigenvalue weighted by atomic mass is 19.1. The Balaban J connectivity index is 1.96. The van der Waals surface area contributed by atoms with Gasteiger partial charge in [-0.3, -0.25) is 9.58 Å². The third kappa shape index (κ3) is 3.17. The fourth-order valence-corrected chi connectivity index (χ4v) is 1.95. The zero-order valence-corrected chi connectivity index (χ0v) is 10.8. The minimum Gasteiger partial charge on any atom is -0.298 e. The third-order valence-electron chi connectivity index (χ3n) is 2.86. The molecule has 4 heteroatoms. The molecule has 0 N–H and O–H groups in total. The molecule has 1 aromatic heterocycles. The molecular weight excluding hydrogens is 229 g/mol. The summed E-state index contributed by atoms with van der Waals surface area (Å²) in [5.41, 5.74) is 1.87. The van der Waals surface area contributed by atoms with E-state index in [1.807, 2.05) is 36.3 Å². The van der Waals surface area contributed by atoms with E-state index in [0.717, 1.165) is 24.2 Å². The van der Waals surface area contributed by atoms with Gasteiger partial charge in [0.05, 0.1) is 6.20 Å². The van der Waals surface area contributed by atoms with Crippen molar-refractivity contribution < 1.29 is 4.39 Å². The van der Waals surface area contributed by atoms with Crippen molar-refractivity contribution >= 4 is 0 Å². The van der Waals surface area contributed by atoms with E-state index in [9.17, 15) is 4.39 Å². The quantitative estimate of drug-likeness (QED) is 0.810. The van der Waals surface area contributed by atoms with Crippen molar-refractivity contribution in [2.24, 2.45) is 0 Å². The van der Waals surface area contributed by atoms with Crippen LogP contribution < -0.4 is 0 Å². The normalized spacial score (nSPS) is 11.1. The lowest BCUT2D eigenvalue weighted by Crippen LogP contribution is -2.17. The lowest BCUT2D eigenvalue weighted by molar-refractivity contribution is 0.313. The van der Waals surface area contributed by atoms with Crippen LogP contribution in [0, 0.1) is 5.82 Å². The Labute approximate surface area is 107 Å². The van der Waals surface area contributed by atoms with Crippen LogP contribution in [0.3, 0.4) is 0 Å². The predicted molar refractivity (Wildman–Crippen MR) is 69.5 cm³/mol. The Morgan fingerprint density at radius 3 is 2.72 bits per heavy atom. The second kappa shape index (κ2) is 5.78. The molecule has 3 nitrogen and oxygen atoms in total. The largest absolute Gasteiger partial charge is 0.298 e. The van der Waals surface area contributed by atoms with Gasteiger partial charge in [-0.1, -0.05) is 18.2 Å². The number of aromatic nitrogens is 2. The van der Waals surface area contributed by atoms with Gasteiger partial charge >= 0.3 is 0 Å². The average molecular weight is 247 g/mol. The molecule has 2 rings (SSSR count). The van der Waals surface area contributed by atoms with Crippen LogP contribution in [0.1, 0.15) is 18.1 Å². The first kappa shape index (κ1) is 12.8. The molecule has 96 valence electrons. The van der Waals surface area contributed by atoms with Crippen LogP contribution >= 0.6 is 0 Å². The Hall–Kier alpha value is -1.68. The summed E-state index contributed by atoms with van der Waals surface area (Å²) in [5, 5.41) is 4.23. The number of halogens is 1. The summed E-state index contributed by atoms with van der Waals surface area (Å²) in [5.74, 6) is -0.145. The van der Waals surface area contributed by atoms with E-state index in [4.69, 9.17) is 0 Å². The van der Waals surface area contributed by atoms with Gasteiger partial charge < -0.3 is 0 Å². The number of benzene rings is 1. The molecule has 18 heavy (non-hydrogen) atoms. The van der Waals surface area contributed by atoms with Crippen molar-refractivity contribution in [3.63, 3.8) is 0 Å². The summed E-state index contributed by atoms with van der Waals surface area (Å²) in [6.07, 6.45) is 3.89. The van der Waals surface area contributed by atoms with Crippen molar-refractivity contribution in [1.29, 1.82) is 0 Å². The van der Waals surface area contributed by atoms with Gasteiger partial charge in [0.15, 0.2) is 0 Å². The maximum Gasteiger partial charge on any atom is 0.127 e. The fourth-order valence-electron chi connectivity index (χ4n) is 1.95. The molecule has 0 aliphatic heterocycles. The highest BCUT2D eigenvalue weighted by Gasteiger charge is 2.06. The SMILES string of the molecule is CCn1cc(CN(C)Cc2ccccc2F)cn1. The molecule has 0 aliphatic rings. The summed E-state index contributed by atoms with van der Waals surface area (Å²) in [6, 6.07) is 6.89. The number of rotatable bonds is 5. The van der Waals surface area contributed by atoms with E-state index in [1.54, 1.807) is 6.07 Å². The first-order valence-corrected chi connectivity index (χ1v) is 6.12. The second-order valence-corrected chi connectivity index (χ2v) is 4.47. The van der Waals surface area contributed by atoms with Gasteiger partial charge in [0.2, 0.25) is 0 Å². The Morgan fingerprint density at radius 2 is 2.06 bits per heavy atom. The molecule has 0 saturated carbocycles. The smallest absolute Gasteiger partial charge is 0.127 e. The minimum absolute atomic E-state index is 0.145. The lowest BCUT2D eigenvalue weighted by atomic mass is 10.2. The van der Waals surface area contributed by atoms with Gasteiger partial charge in [0.25, 0.3) is 0 Å². The number of hydrogen-bond acceptors (Lipinski definition) is 2. The topological polar surface area (TPSA) is 21.1 Å². The number of hydrogen-bond donors (Lipinski definition) is 0. The maximum absolute atomic E-state index is 13.5. The van der Waals surface area contributed by atoms with Crippen LogP contribution in [0.15, 0.2) is 36.7 Å². The van der Waals surface area contributed by atoms with Gasteiger partial charge in [0, 0.05) is 37.0 Å². The monoisotopic (exact) mass is 247 g/mol. The summed E-state index contributed by atoms with van der Waals surface area (Å²) >= 11 is 0. The van der Waals surface area contributed by atoms with Crippen molar-refractivity contribution in [2.45, 2.75) is 26.6 Å². The van der Waals surface area contributed by atoms with E-state index in [2.05, 4.69) is 16.9 Å². The van der Waals surface area contributed by atoms with E-state index in [-0.39, 0.29) is 5.82 Å². The van der Waals surface area contributed by atoms with Crippen molar-refractivity contribution in [3.05, 3.63) is 53.6 Å². The number of nitrogens with zero attached hydrogens (tertiary/aromatic N) is 3. The lowest BCUT2D eigenvalue weighted by Gasteiger charge is -2.15. The van der Waals surface area contributed by atoms with Gasteiger partial charge in [-0.2, -0.15) is 5.10 Å². The van der Waals surface area contributed by atoms with E-state index < -0.39 is 0 Å². The van der Waals surface area contributed by atoms with Crippen molar-refractivity contribution in [2.75, 3.05) is 7.05 Å². The molecule has 1 heterocycles. The molecular formula is C14H18FN3. The third-order valence-corrected chi connectivity index (χ3v) is 2.86. The zero-order valence-electron chi connectivity index (χ0n) is 10.8. The van der Waals surface area contributed by atoms with Crippen molar-refractivity contribution in [1.82, 2.24) is 14.7 Å². The molecule has 0 radical (unpaired) electrons. The molecule has 0 bridgehead atoms. The standard InChI is InChI=1S/C14H18FN3/c1-3-18-10-12(8-16-18)9-17(2)11-13-6-4-5-7-14(13)15/h4-8,10H,3,9,11H2,1-2H3. The van der Waals surface area contributed by atoms with Gasteiger partial charge in [0.1, 0.15) is 5.82 Å². The van der Waals surface area contributed by atoms with Crippen LogP contribution in [-0.4, -0.2) is 21.7 Å².